The minimum atomic E-state index is -1.21. The number of Topliss-reactive ketones (excluding diaryl/α,β-unsaturated/α-hetero) is 1. The first-order valence-electron chi connectivity index (χ1n) is 15.3. The molecule has 8 nitrogen and oxygen atoms in total. The maximum Gasteiger partial charge on any atom is 0.205 e. The lowest BCUT2D eigenvalue weighted by molar-refractivity contribution is 0.0247. The lowest BCUT2D eigenvalue weighted by Crippen LogP contribution is -2.42. The zero-order chi connectivity index (χ0) is 32.5. The average molecular weight is 760 g/mol. The van der Waals surface area contributed by atoms with Crippen LogP contribution in [0.5, 0.6) is 11.5 Å². The maximum atomic E-state index is 12.3. The Labute approximate surface area is 284 Å². The minimum absolute atomic E-state index is 0.180. The van der Waals surface area contributed by atoms with Gasteiger partial charge in [-0.2, -0.15) is 10.3 Å². The molecule has 4 heterocycles. The number of rotatable bonds is 1. The summed E-state index contributed by atoms with van der Waals surface area (Å²) in [4.78, 5) is 16.3. The second kappa shape index (κ2) is 15.8. The number of halogens is 2. The number of carbonyl (C=O) groups excluding carboxylic acids is 1. The topological polar surface area (TPSA) is 102 Å². The van der Waals surface area contributed by atoms with E-state index in [2.05, 4.69) is 73.6 Å². The molecule has 45 heavy (non-hydrogen) atoms. The summed E-state index contributed by atoms with van der Waals surface area (Å²) in [6, 6.07) is 11.5. The van der Waals surface area contributed by atoms with Gasteiger partial charge in [-0.3, -0.25) is 9.45 Å². The molecule has 0 amide bonds. The van der Waals surface area contributed by atoms with Gasteiger partial charge in [0.2, 0.25) is 6.19 Å². The van der Waals surface area contributed by atoms with E-state index in [1.54, 1.807) is 0 Å². The Morgan fingerprint density at radius 3 is 1.87 bits per heavy atom. The molecule has 2 aromatic carbocycles. The third-order valence-corrected chi connectivity index (χ3v) is 9.78. The molecular weight excluding hydrogens is 718 g/mol. The van der Waals surface area contributed by atoms with E-state index in [-0.39, 0.29) is 17.0 Å². The van der Waals surface area contributed by atoms with Crippen molar-refractivity contribution in [3.63, 3.8) is 0 Å². The second-order valence-electron chi connectivity index (χ2n) is 12.7. The van der Waals surface area contributed by atoms with Crippen LogP contribution in [-0.4, -0.2) is 63.2 Å². The predicted molar refractivity (Wildman–Crippen MR) is 186 cm³/mol. The number of nitriles is 1. The quantitative estimate of drug-likeness (QED) is 0.164. The summed E-state index contributed by atoms with van der Waals surface area (Å²) >= 11 is 6.85. The Bertz CT molecular complexity index is 1480. The molecule has 2 fully saturated rings. The molecule has 11 heteroatoms. The van der Waals surface area contributed by atoms with Gasteiger partial charge in [-0.15, -0.1) is 0 Å². The Hall–Kier alpha value is -2.58. The van der Waals surface area contributed by atoms with Crippen LogP contribution >= 0.6 is 31.9 Å². The summed E-state index contributed by atoms with van der Waals surface area (Å²) in [5.41, 5.74) is 1.82. The molecule has 4 aliphatic heterocycles. The van der Waals surface area contributed by atoms with E-state index in [9.17, 15) is 4.79 Å². The van der Waals surface area contributed by atoms with Crippen LogP contribution in [-0.2, 0) is 9.47 Å². The molecule has 2 spiro atoms. The fourth-order valence-electron chi connectivity index (χ4n) is 5.87. The maximum absolute atomic E-state index is 12.3. The van der Waals surface area contributed by atoms with E-state index in [1.165, 1.54) is 0 Å². The van der Waals surface area contributed by atoms with Gasteiger partial charge in [0, 0.05) is 47.0 Å². The largest absolute Gasteiger partial charge is 0.486 e. The molecule has 0 radical (unpaired) electrons. The van der Waals surface area contributed by atoms with Crippen molar-refractivity contribution in [1.29, 1.82) is 5.26 Å². The van der Waals surface area contributed by atoms with Crippen LogP contribution in [0.3, 0.4) is 0 Å². The summed E-state index contributed by atoms with van der Waals surface area (Å²) in [6.45, 7) is 12.8. The number of ether oxygens (including phenoxy) is 4. The highest BCUT2D eigenvalue weighted by Gasteiger charge is 2.41. The van der Waals surface area contributed by atoms with Crippen LogP contribution in [0.1, 0.15) is 67.3 Å². The number of fused-ring (bicyclic) bond motifs is 2. The van der Waals surface area contributed by atoms with Crippen molar-refractivity contribution in [2.45, 2.75) is 82.2 Å². The SMILES string of the molecule is C=C=N[Si](C)(C)C.N#CN=C1CC2(CCCOCC2)Oc2ccc(Br)cc21.O=C1CC2(CCCOCC2)Oc2ccc(Br)cc21. The van der Waals surface area contributed by atoms with E-state index in [0.717, 1.165) is 83.5 Å². The molecule has 2 aromatic rings. The first-order chi connectivity index (χ1) is 21.5. The van der Waals surface area contributed by atoms with Crippen LogP contribution in [0, 0.1) is 11.5 Å². The van der Waals surface area contributed by atoms with Crippen molar-refractivity contribution in [1.82, 2.24) is 0 Å². The van der Waals surface area contributed by atoms with Gasteiger partial charge in [-0.05, 0) is 94.2 Å². The standard InChI is InChI=1S/C15H15BrN2O2.C14H15BrO3.C5H11NSi/c16-11-2-3-14-12(8-11)13(18-10-17)9-15(20-14)4-1-6-19-7-5-15;15-10-2-3-13-11(8-10)12(16)9-14(18-13)4-1-6-17-7-5-14;1-5-6-7(2,3)4/h2-3,8H,1,4-7,9H2;2-3,8H,1,4-7,9H2;1H2,2-4H3. The van der Waals surface area contributed by atoms with Gasteiger partial charge < -0.3 is 18.9 Å². The number of hydrogen-bond acceptors (Lipinski definition) is 8. The Balaban J connectivity index is 0.000000171. The van der Waals surface area contributed by atoms with Crippen molar-refractivity contribution in [3.05, 3.63) is 63.0 Å². The molecular formula is C34H41Br2N3O5Si. The minimum Gasteiger partial charge on any atom is -0.486 e. The molecule has 0 aliphatic carbocycles. The predicted octanol–water partition coefficient (Wildman–Crippen LogP) is 8.47. The second-order valence-corrected chi connectivity index (χ2v) is 19.1. The number of nitrogens with zero attached hydrogens (tertiary/aromatic N) is 3. The van der Waals surface area contributed by atoms with E-state index in [4.69, 9.17) is 24.2 Å². The molecule has 0 N–H and O–H groups in total. The van der Waals surface area contributed by atoms with Crippen molar-refractivity contribution in [2.75, 3.05) is 26.4 Å². The molecule has 2 saturated heterocycles. The molecule has 6 rings (SSSR count). The molecule has 2 atom stereocenters. The highest BCUT2D eigenvalue weighted by molar-refractivity contribution is 9.10. The van der Waals surface area contributed by atoms with E-state index < -0.39 is 8.24 Å². The third-order valence-electron chi connectivity index (χ3n) is 7.97. The number of hydrogen-bond donors (Lipinski definition) is 0. The van der Waals surface area contributed by atoms with Crippen molar-refractivity contribution < 1.29 is 23.7 Å². The number of benzene rings is 2. The molecule has 0 bridgehead atoms. The van der Waals surface area contributed by atoms with Gasteiger partial charge >= 0.3 is 0 Å². The summed E-state index contributed by atoms with van der Waals surface area (Å²) in [6.07, 6.45) is 8.48. The summed E-state index contributed by atoms with van der Waals surface area (Å²) in [7, 11) is -1.21. The number of carbonyl (C=O) groups is 1. The lowest BCUT2D eigenvalue weighted by atomic mass is 9.84. The zero-order valence-electron chi connectivity index (χ0n) is 26.3. The fourth-order valence-corrected chi connectivity index (χ4v) is 7.07. The number of aliphatic imine (C=N–C) groups is 1. The summed E-state index contributed by atoms with van der Waals surface area (Å²) in [5.74, 6) is 4.26. The van der Waals surface area contributed by atoms with E-state index in [0.29, 0.717) is 31.6 Å². The van der Waals surface area contributed by atoms with Crippen LogP contribution in [0.15, 0.2) is 61.6 Å². The molecule has 240 valence electrons. The Morgan fingerprint density at radius 1 is 0.822 bits per heavy atom. The van der Waals surface area contributed by atoms with Gasteiger partial charge in [0.15, 0.2) is 14.0 Å². The molecule has 0 aromatic heterocycles. The lowest BCUT2D eigenvalue weighted by Gasteiger charge is -2.38. The zero-order valence-corrected chi connectivity index (χ0v) is 30.5. The highest BCUT2D eigenvalue weighted by Crippen LogP contribution is 2.41. The van der Waals surface area contributed by atoms with E-state index >= 15 is 0 Å². The Kier molecular flexibility index (Phi) is 12.4. The third kappa shape index (κ3) is 9.95. The van der Waals surface area contributed by atoms with Crippen molar-refractivity contribution in [3.8, 4) is 17.7 Å². The van der Waals surface area contributed by atoms with Gasteiger partial charge in [-0.25, -0.2) is 0 Å². The van der Waals surface area contributed by atoms with Gasteiger partial charge in [0.25, 0.3) is 0 Å². The molecule has 2 unspecified atom stereocenters. The molecule has 4 aliphatic rings. The van der Waals surface area contributed by atoms with E-state index in [1.807, 2.05) is 42.6 Å². The van der Waals surface area contributed by atoms with Crippen LogP contribution < -0.4 is 9.47 Å². The van der Waals surface area contributed by atoms with Crippen molar-refractivity contribution >= 4 is 57.5 Å². The van der Waals surface area contributed by atoms with Gasteiger partial charge in [0.1, 0.15) is 22.7 Å². The Morgan fingerprint density at radius 2 is 1.36 bits per heavy atom. The van der Waals surface area contributed by atoms with Gasteiger partial charge in [-0.1, -0.05) is 31.9 Å². The fraction of sp³-hybridized carbons (Fsp3) is 0.500. The number of ketones is 1. The van der Waals surface area contributed by atoms with Crippen LogP contribution in [0.25, 0.3) is 0 Å². The average Bonchev–Trinajstić information content (AvgIpc) is 3.35. The monoisotopic (exact) mass is 757 g/mol. The summed E-state index contributed by atoms with van der Waals surface area (Å²) in [5, 5.41) is 8.94. The summed E-state index contributed by atoms with van der Waals surface area (Å²) < 4.78 is 29.3. The first kappa shape index (κ1) is 35.3. The molecule has 0 saturated carbocycles. The van der Waals surface area contributed by atoms with Crippen molar-refractivity contribution in [2.24, 2.45) is 9.65 Å². The first-order valence-corrected chi connectivity index (χ1v) is 20.4. The van der Waals surface area contributed by atoms with Crippen LogP contribution in [0.4, 0.5) is 0 Å². The highest BCUT2D eigenvalue weighted by atomic mass is 79.9. The van der Waals surface area contributed by atoms with Gasteiger partial charge in [0.05, 0.1) is 30.9 Å². The normalized spacial score (nSPS) is 24.8. The smallest absolute Gasteiger partial charge is 0.205 e. The van der Waals surface area contributed by atoms with Crippen LogP contribution in [0.2, 0.25) is 19.6 Å².